The minimum absolute atomic E-state index is 0.407. The molecular weight excluding hydrogens is 214 g/mol. The van der Waals surface area contributed by atoms with Crippen LogP contribution in [-0.4, -0.2) is 23.5 Å². The fourth-order valence-electron chi connectivity index (χ4n) is 1.03. The van der Waals surface area contributed by atoms with E-state index in [1.54, 1.807) is 14.0 Å². The Morgan fingerprint density at radius 3 is 2.93 bits per heavy atom. The van der Waals surface area contributed by atoms with Crippen LogP contribution in [0.4, 0.5) is 5.00 Å². The summed E-state index contributed by atoms with van der Waals surface area (Å²) in [4.78, 5) is 11.6. The van der Waals surface area contributed by atoms with Crippen molar-refractivity contribution in [1.29, 1.82) is 5.26 Å². The summed E-state index contributed by atoms with van der Waals surface area (Å²) < 4.78 is 8.93. The van der Waals surface area contributed by atoms with Crippen LogP contribution in [0.1, 0.15) is 23.0 Å². The van der Waals surface area contributed by atoms with Crippen LogP contribution in [0, 0.1) is 18.3 Å². The Hall–Kier alpha value is -1.61. The van der Waals surface area contributed by atoms with Gasteiger partial charge in [0.25, 0.3) is 0 Å². The maximum Gasteiger partial charge on any atom is 0.344 e. The summed E-state index contributed by atoms with van der Waals surface area (Å²) in [6.45, 7) is 3.25. The third kappa shape index (κ3) is 2.44. The molecule has 1 aromatic rings. The smallest absolute Gasteiger partial charge is 0.344 e. The number of carbonyl (C=O) groups excluding carboxylic acids is 1. The van der Waals surface area contributed by atoms with Gasteiger partial charge in [-0.1, -0.05) is 0 Å². The summed E-state index contributed by atoms with van der Waals surface area (Å²) in [6.07, 6.45) is -0.749. The predicted octanol–water partition coefficient (Wildman–Crippen LogP) is 1.56. The number of aromatic nitrogens is 1. The summed E-state index contributed by atoms with van der Waals surface area (Å²) in [5.41, 5.74) is 1.02. The molecule has 0 unspecified atom stereocenters. The zero-order chi connectivity index (χ0) is 11.4. The lowest BCUT2D eigenvalue weighted by molar-refractivity contribution is 0.0436. The molecule has 0 aliphatic rings. The second-order valence-electron chi connectivity index (χ2n) is 2.90. The van der Waals surface area contributed by atoms with Crippen molar-refractivity contribution in [3.8, 4) is 6.07 Å². The highest BCUT2D eigenvalue weighted by Gasteiger charge is 2.20. The SMILES string of the molecule is CNc1snc(C)c1C(=O)O[C@H](C)C#N. The van der Waals surface area contributed by atoms with Crippen molar-refractivity contribution in [1.82, 2.24) is 4.37 Å². The molecule has 1 rings (SSSR count). The second kappa shape index (κ2) is 4.75. The lowest BCUT2D eigenvalue weighted by Gasteiger charge is -2.06. The summed E-state index contributed by atoms with van der Waals surface area (Å²) in [7, 11) is 1.71. The monoisotopic (exact) mass is 225 g/mol. The molecule has 0 saturated heterocycles. The number of hydrogen-bond acceptors (Lipinski definition) is 6. The van der Waals surface area contributed by atoms with E-state index >= 15 is 0 Å². The molecule has 15 heavy (non-hydrogen) atoms. The van der Waals surface area contributed by atoms with Crippen LogP contribution in [0.2, 0.25) is 0 Å². The molecular formula is C9H11N3O2S. The number of aryl methyl sites for hydroxylation is 1. The summed E-state index contributed by atoms with van der Waals surface area (Å²) in [5.74, 6) is -0.514. The number of nitrogens with zero attached hydrogens (tertiary/aromatic N) is 2. The van der Waals surface area contributed by atoms with Crippen LogP contribution in [0.5, 0.6) is 0 Å². The van der Waals surface area contributed by atoms with E-state index in [0.717, 1.165) is 0 Å². The Balaban J connectivity index is 2.91. The van der Waals surface area contributed by atoms with Crippen molar-refractivity contribution >= 4 is 22.5 Å². The van der Waals surface area contributed by atoms with Gasteiger partial charge in [-0.05, 0) is 25.4 Å². The Morgan fingerprint density at radius 2 is 2.40 bits per heavy atom. The highest BCUT2D eigenvalue weighted by molar-refractivity contribution is 7.10. The minimum atomic E-state index is -0.749. The molecule has 0 aromatic carbocycles. The van der Waals surface area contributed by atoms with Crippen LogP contribution in [-0.2, 0) is 4.74 Å². The van der Waals surface area contributed by atoms with Crippen LogP contribution < -0.4 is 5.32 Å². The first-order valence-corrected chi connectivity index (χ1v) is 5.12. The van der Waals surface area contributed by atoms with Gasteiger partial charge in [0.05, 0.1) is 5.69 Å². The van der Waals surface area contributed by atoms with E-state index in [4.69, 9.17) is 10.00 Å². The maximum atomic E-state index is 11.6. The molecule has 6 heteroatoms. The number of nitrogens with one attached hydrogen (secondary N) is 1. The molecule has 1 heterocycles. The average Bonchev–Trinajstić information content (AvgIpc) is 2.59. The quantitative estimate of drug-likeness (QED) is 0.790. The molecule has 0 aliphatic carbocycles. The lowest BCUT2D eigenvalue weighted by Crippen LogP contribution is -2.14. The maximum absolute atomic E-state index is 11.6. The van der Waals surface area contributed by atoms with Gasteiger partial charge >= 0.3 is 5.97 Å². The predicted molar refractivity (Wildman–Crippen MR) is 56.9 cm³/mol. The summed E-state index contributed by atoms with van der Waals surface area (Å²) in [6, 6.07) is 1.83. The average molecular weight is 225 g/mol. The van der Waals surface area contributed by atoms with Gasteiger partial charge in [-0.25, -0.2) is 4.79 Å². The Morgan fingerprint density at radius 1 is 1.73 bits per heavy atom. The van der Waals surface area contributed by atoms with Crippen molar-refractivity contribution in [2.24, 2.45) is 0 Å². The van der Waals surface area contributed by atoms with Gasteiger partial charge < -0.3 is 10.1 Å². The number of hydrogen-bond donors (Lipinski definition) is 1. The molecule has 0 fully saturated rings. The number of ether oxygens (including phenoxy) is 1. The van der Waals surface area contributed by atoms with Gasteiger partial charge in [0.1, 0.15) is 16.6 Å². The van der Waals surface area contributed by atoms with Crippen LogP contribution in [0.3, 0.4) is 0 Å². The molecule has 0 aliphatic heterocycles. The van der Waals surface area contributed by atoms with Gasteiger partial charge in [0.15, 0.2) is 6.10 Å². The summed E-state index contributed by atoms with van der Waals surface area (Å²) in [5, 5.41) is 12.0. The van der Waals surface area contributed by atoms with E-state index in [2.05, 4.69) is 9.69 Å². The van der Waals surface area contributed by atoms with Gasteiger partial charge in [-0.3, -0.25) is 0 Å². The Labute approximate surface area is 91.8 Å². The Bertz CT molecular complexity index is 408. The fraction of sp³-hybridized carbons (Fsp3) is 0.444. The molecule has 0 radical (unpaired) electrons. The zero-order valence-electron chi connectivity index (χ0n) is 8.70. The normalized spacial score (nSPS) is 11.6. The van der Waals surface area contributed by atoms with Gasteiger partial charge in [0.2, 0.25) is 0 Å². The third-order valence-corrected chi connectivity index (χ3v) is 2.72. The molecule has 5 nitrogen and oxygen atoms in total. The number of nitriles is 1. The topological polar surface area (TPSA) is 75.0 Å². The molecule has 0 bridgehead atoms. The van der Waals surface area contributed by atoms with E-state index in [1.165, 1.54) is 18.5 Å². The molecule has 1 atom stereocenters. The van der Waals surface area contributed by atoms with E-state index in [9.17, 15) is 4.79 Å². The van der Waals surface area contributed by atoms with Crippen LogP contribution in [0.25, 0.3) is 0 Å². The van der Waals surface area contributed by atoms with Gasteiger partial charge in [-0.2, -0.15) is 9.64 Å². The largest absolute Gasteiger partial charge is 0.444 e. The van der Waals surface area contributed by atoms with E-state index < -0.39 is 12.1 Å². The highest BCUT2D eigenvalue weighted by atomic mass is 32.1. The zero-order valence-corrected chi connectivity index (χ0v) is 9.51. The molecule has 0 saturated carbocycles. The first-order chi connectivity index (χ1) is 7.10. The first kappa shape index (κ1) is 11.5. The lowest BCUT2D eigenvalue weighted by atomic mass is 10.2. The van der Waals surface area contributed by atoms with Gasteiger partial charge in [-0.15, -0.1) is 0 Å². The van der Waals surface area contributed by atoms with Crippen molar-refractivity contribution in [2.45, 2.75) is 20.0 Å². The van der Waals surface area contributed by atoms with Crippen molar-refractivity contribution in [3.63, 3.8) is 0 Å². The highest BCUT2D eigenvalue weighted by Crippen LogP contribution is 2.24. The van der Waals surface area contributed by atoms with Gasteiger partial charge in [0, 0.05) is 7.05 Å². The fourth-order valence-corrected chi connectivity index (χ4v) is 1.76. The number of anilines is 1. The Kier molecular flexibility index (Phi) is 3.63. The van der Waals surface area contributed by atoms with E-state index in [-0.39, 0.29) is 0 Å². The molecule has 80 valence electrons. The third-order valence-electron chi connectivity index (χ3n) is 1.76. The molecule has 1 aromatic heterocycles. The van der Waals surface area contributed by atoms with Crippen molar-refractivity contribution in [3.05, 3.63) is 11.3 Å². The molecule has 1 N–H and O–H groups in total. The van der Waals surface area contributed by atoms with E-state index in [1.807, 2.05) is 6.07 Å². The number of carbonyl (C=O) groups is 1. The number of esters is 1. The van der Waals surface area contributed by atoms with Crippen LogP contribution >= 0.6 is 11.5 Å². The first-order valence-electron chi connectivity index (χ1n) is 4.34. The minimum Gasteiger partial charge on any atom is -0.444 e. The van der Waals surface area contributed by atoms with Crippen molar-refractivity contribution < 1.29 is 9.53 Å². The van der Waals surface area contributed by atoms with E-state index in [0.29, 0.717) is 16.3 Å². The summed E-state index contributed by atoms with van der Waals surface area (Å²) >= 11 is 1.19. The van der Waals surface area contributed by atoms with Crippen molar-refractivity contribution in [2.75, 3.05) is 12.4 Å². The molecule has 0 spiro atoms. The standard InChI is InChI=1S/C9H11N3O2S/c1-5(4-10)14-9(13)7-6(2)12-15-8(7)11-3/h5,11H,1-3H3/t5-/m1/s1. The van der Waals surface area contributed by atoms with Crippen LogP contribution in [0.15, 0.2) is 0 Å². The molecule has 0 amide bonds. The number of rotatable bonds is 3. The second-order valence-corrected chi connectivity index (χ2v) is 3.67.